The maximum Gasteiger partial charge on any atom is 0.272 e. The van der Waals surface area contributed by atoms with E-state index in [1.54, 1.807) is 26.0 Å². The van der Waals surface area contributed by atoms with Crippen LogP contribution in [0.25, 0.3) is 0 Å². The average Bonchev–Trinajstić information content (AvgIpc) is 2.69. The minimum atomic E-state index is -4.08. The lowest BCUT2D eigenvalue weighted by atomic mass is 9.94. The van der Waals surface area contributed by atoms with Gasteiger partial charge in [0.2, 0.25) is 11.9 Å². The van der Waals surface area contributed by atoms with Crippen molar-refractivity contribution < 1.29 is 18.0 Å². The zero-order chi connectivity index (χ0) is 23.2. The number of nitrogens with zero attached hydrogens (tertiary/aromatic N) is 1. The summed E-state index contributed by atoms with van der Waals surface area (Å²) < 4.78 is 28.1. The lowest BCUT2D eigenvalue weighted by Gasteiger charge is -2.20. The number of amides is 1. The number of hydrogen-bond donors (Lipinski definition) is 5. The van der Waals surface area contributed by atoms with E-state index < -0.39 is 27.4 Å². The highest BCUT2D eigenvalue weighted by molar-refractivity contribution is 7.92. The molecule has 31 heavy (non-hydrogen) atoms. The number of nitrogens with one attached hydrogen (secondary N) is 3. The molecule has 0 saturated heterocycles. The Labute approximate surface area is 179 Å². The third-order valence-corrected chi connectivity index (χ3v) is 5.69. The van der Waals surface area contributed by atoms with Crippen LogP contribution in [0.4, 0.5) is 5.69 Å². The van der Waals surface area contributed by atoms with E-state index >= 15 is 0 Å². The number of anilines is 1. The van der Waals surface area contributed by atoms with Crippen molar-refractivity contribution in [3.63, 3.8) is 0 Å². The molecule has 0 radical (unpaired) electrons. The molecule has 1 aromatic carbocycles. The molecule has 1 aromatic heterocycles. The van der Waals surface area contributed by atoms with Crippen LogP contribution < -0.4 is 27.1 Å². The van der Waals surface area contributed by atoms with Gasteiger partial charge in [-0.25, -0.2) is 8.42 Å². The van der Waals surface area contributed by atoms with Gasteiger partial charge in [-0.15, -0.1) is 0 Å². The monoisotopic (exact) mass is 450 g/mol. The van der Waals surface area contributed by atoms with Crippen molar-refractivity contribution in [1.29, 1.82) is 0 Å². The molecule has 0 fully saturated rings. The van der Waals surface area contributed by atoms with E-state index in [1.807, 2.05) is 0 Å². The number of sulfonamides is 1. The maximum atomic E-state index is 12.9. The summed E-state index contributed by atoms with van der Waals surface area (Å²) >= 11 is 0. The number of aromatic nitrogens is 1. The number of H-pyrrole nitrogens is 1. The summed E-state index contributed by atoms with van der Waals surface area (Å²) in [5.74, 6) is -1.63. The Bertz CT molecular complexity index is 1140. The molecule has 2 aromatic rings. The maximum absolute atomic E-state index is 12.9. The van der Waals surface area contributed by atoms with E-state index in [2.05, 4.69) is 20.2 Å². The fraction of sp³-hybridized carbons (Fsp3) is 0.316. The van der Waals surface area contributed by atoms with Gasteiger partial charge in [-0.05, 0) is 54.8 Å². The fourth-order valence-corrected chi connectivity index (χ4v) is 4.16. The molecule has 1 unspecified atom stereocenters. The predicted molar refractivity (Wildman–Crippen MR) is 117 cm³/mol. The van der Waals surface area contributed by atoms with Crippen molar-refractivity contribution in [2.24, 2.45) is 16.6 Å². The summed E-state index contributed by atoms with van der Waals surface area (Å²) in [6.45, 7) is 3.33. The second-order valence-electron chi connectivity index (χ2n) is 6.84. The minimum absolute atomic E-state index is 0.00832. The Morgan fingerprint density at radius 3 is 2.58 bits per heavy atom. The number of aryl methyl sites for hydroxylation is 2. The number of carbonyl (C=O) groups is 1. The molecule has 7 N–H and O–H groups in total. The van der Waals surface area contributed by atoms with Gasteiger partial charge in [-0.3, -0.25) is 14.3 Å². The molecule has 2 rings (SSSR count). The van der Waals surface area contributed by atoms with Crippen LogP contribution in [0.2, 0.25) is 0 Å². The zero-order valence-electron chi connectivity index (χ0n) is 17.4. The first-order valence-corrected chi connectivity index (χ1v) is 10.8. The Balaban J connectivity index is 2.50. The van der Waals surface area contributed by atoms with Crippen molar-refractivity contribution in [3.8, 4) is 0 Å². The topological polar surface area (TPSA) is 182 Å². The second kappa shape index (κ2) is 9.98. The van der Waals surface area contributed by atoms with Crippen LogP contribution in [-0.2, 0) is 19.7 Å². The number of oxime groups is 1. The summed E-state index contributed by atoms with van der Waals surface area (Å²) in [5.41, 5.74) is 10.9. The number of aromatic amines is 1. The molecule has 1 heterocycles. The third kappa shape index (κ3) is 6.22. The zero-order valence-corrected chi connectivity index (χ0v) is 18.2. The summed E-state index contributed by atoms with van der Waals surface area (Å²) in [4.78, 5) is 32.7. The Kier molecular flexibility index (Phi) is 7.64. The van der Waals surface area contributed by atoms with Crippen LogP contribution in [0.1, 0.15) is 29.2 Å². The molecule has 168 valence electrons. The van der Waals surface area contributed by atoms with Crippen molar-refractivity contribution in [1.82, 2.24) is 10.3 Å². The van der Waals surface area contributed by atoms with E-state index in [0.717, 1.165) is 5.56 Å². The number of likely N-dealkylation sites (N-methyl/N-ethyl adjacent to an activating group) is 1. The number of rotatable bonds is 9. The van der Waals surface area contributed by atoms with Crippen LogP contribution >= 0.6 is 0 Å². The number of nitrogens with two attached hydrogens (primary N) is 2. The number of benzene rings is 1. The highest BCUT2D eigenvalue weighted by Gasteiger charge is 2.27. The van der Waals surface area contributed by atoms with Gasteiger partial charge in [0.1, 0.15) is 12.3 Å². The summed E-state index contributed by atoms with van der Waals surface area (Å²) in [7, 11) is -2.65. The van der Waals surface area contributed by atoms with Gasteiger partial charge in [0, 0.05) is 12.7 Å². The van der Waals surface area contributed by atoms with Crippen molar-refractivity contribution in [3.05, 3.63) is 57.5 Å². The number of carbonyl (C=O) groups excluding carboxylic acids is 1. The van der Waals surface area contributed by atoms with Gasteiger partial charge < -0.3 is 26.6 Å². The lowest BCUT2D eigenvalue weighted by Crippen LogP contribution is -2.30. The molecule has 12 heteroatoms. The molecular weight excluding hydrogens is 424 g/mol. The minimum Gasteiger partial charge on any atom is -0.393 e. The molecule has 1 amide bonds. The first-order chi connectivity index (χ1) is 14.5. The summed E-state index contributed by atoms with van der Waals surface area (Å²) in [5, 5.41) is 5.91. The Morgan fingerprint density at radius 1 is 1.26 bits per heavy atom. The average molecular weight is 451 g/mol. The van der Waals surface area contributed by atoms with Gasteiger partial charge in [-0.2, -0.15) is 0 Å². The predicted octanol–water partition coefficient (Wildman–Crippen LogP) is 0.217. The Hall–Kier alpha value is -3.54. The van der Waals surface area contributed by atoms with Gasteiger partial charge >= 0.3 is 0 Å². The van der Waals surface area contributed by atoms with Crippen LogP contribution in [0.15, 0.2) is 45.2 Å². The van der Waals surface area contributed by atoms with Crippen LogP contribution in [0, 0.1) is 13.8 Å². The van der Waals surface area contributed by atoms with Gasteiger partial charge in [0.25, 0.3) is 15.6 Å². The summed E-state index contributed by atoms with van der Waals surface area (Å²) in [6.07, 6.45) is 0.0819. The highest BCUT2D eigenvalue weighted by Crippen LogP contribution is 2.28. The van der Waals surface area contributed by atoms with Gasteiger partial charge in [-0.1, -0.05) is 12.1 Å². The van der Waals surface area contributed by atoms with Crippen molar-refractivity contribution >= 4 is 27.6 Å². The molecule has 1 atom stereocenters. The molecule has 0 bridgehead atoms. The van der Waals surface area contributed by atoms with Crippen LogP contribution in [0.3, 0.4) is 0 Å². The smallest absolute Gasteiger partial charge is 0.272 e. The van der Waals surface area contributed by atoms with E-state index in [4.69, 9.17) is 16.3 Å². The first kappa shape index (κ1) is 23.7. The molecular formula is C19H26N6O5S. The first-order valence-electron chi connectivity index (χ1n) is 9.31. The number of pyridine rings is 1. The fourth-order valence-electron chi connectivity index (χ4n) is 2.96. The molecule has 0 aliphatic rings. The quantitative estimate of drug-likeness (QED) is 0.157. The van der Waals surface area contributed by atoms with Crippen molar-refractivity contribution in [2.75, 3.05) is 18.4 Å². The molecule has 0 spiro atoms. The molecule has 11 nitrogen and oxygen atoms in total. The standard InChI is InChI=1S/C19H26N6O5S/c1-11-5-4-6-13(9-11)31(28,29)25-16-15(10-12(2)23-18(16)27)14(17(26)22-3)7-8-30-24-19(20)21/h4-6,9-10,14,25H,7-8H2,1-3H3,(H,22,26)(H,23,27)(H4,20,21,24). The van der Waals surface area contributed by atoms with E-state index in [-0.39, 0.29) is 35.1 Å². The molecule has 0 aliphatic heterocycles. The lowest BCUT2D eigenvalue weighted by molar-refractivity contribution is -0.122. The number of guanidine groups is 1. The van der Waals surface area contributed by atoms with E-state index in [9.17, 15) is 18.0 Å². The second-order valence-corrected chi connectivity index (χ2v) is 8.52. The molecule has 0 aliphatic carbocycles. The van der Waals surface area contributed by atoms with Crippen molar-refractivity contribution in [2.45, 2.75) is 31.1 Å². The van der Waals surface area contributed by atoms with Crippen LogP contribution in [0.5, 0.6) is 0 Å². The van der Waals surface area contributed by atoms with Crippen LogP contribution in [-0.4, -0.2) is 38.9 Å². The Morgan fingerprint density at radius 2 is 1.97 bits per heavy atom. The SMILES string of the molecule is CNC(=O)C(CCON=C(N)N)c1cc(C)[nH]c(=O)c1NS(=O)(=O)c1cccc(C)c1. The summed E-state index contributed by atoms with van der Waals surface area (Å²) in [6, 6.07) is 7.77. The highest BCUT2D eigenvalue weighted by atomic mass is 32.2. The normalized spacial score (nSPS) is 12.0. The third-order valence-electron chi connectivity index (χ3n) is 4.34. The largest absolute Gasteiger partial charge is 0.393 e. The molecule has 0 saturated carbocycles. The van der Waals surface area contributed by atoms with Gasteiger partial charge in [0.05, 0.1) is 10.8 Å². The van der Waals surface area contributed by atoms with Gasteiger partial charge in [0.15, 0.2) is 0 Å². The number of hydrogen-bond acceptors (Lipinski definition) is 6. The van der Waals surface area contributed by atoms with E-state index in [1.165, 1.54) is 25.2 Å². The van der Waals surface area contributed by atoms with E-state index in [0.29, 0.717) is 5.69 Å².